The standard InChI is InChI=1S/C13H12F3N3O3/c1-8-5-11(19-22-8)18-12(20)7-17-9-3-2-4-10(6-9)21-13(14,15)16/h2-6,17H,7H2,1H3,(H,18,19,20). The average Bonchev–Trinajstić information content (AvgIpc) is 2.80. The van der Waals surface area contributed by atoms with E-state index in [1.54, 1.807) is 6.92 Å². The smallest absolute Gasteiger partial charge is 0.406 e. The van der Waals surface area contributed by atoms with Crippen LogP contribution in [-0.2, 0) is 4.79 Å². The topological polar surface area (TPSA) is 76.4 Å². The molecule has 118 valence electrons. The lowest BCUT2D eigenvalue weighted by atomic mass is 10.3. The van der Waals surface area contributed by atoms with Gasteiger partial charge in [0.25, 0.3) is 0 Å². The molecule has 0 aliphatic carbocycles. The van der Waals surface area contributed by atoms with E-state index in [1.807, 2.05) is 0 Å². The SMILES string of the molecule is Cc1cc(NC(=O)CNc2cccc(OC(F)(F)F)c2)no1. The number of hydrogen-bond donors (Lipinski definition) is 2. The molecular formula is C13H12F3N3O3. The first-order valence-corrected chi connectivity index (χ1v) is 6.15. The van der Waals surface area contributed by atoms with Gasteiger partial charge in [-0.2, -0.15) is 0 Å². The molecule has 1 aromatic heterocycles. The highest BCUT2D eigenvalue weighted by Gasteiger charge is 2.31. The maximum absolute atomic E-state index is 12.1. The van der Waals surface area contributed by atoms with Crippen LogP contribution in [0.2, 0.25) is 0 Å². The summed E-state index contributed by atoms with van der Waals surface area (Å²) in [6.45, 7) is 1.52. The predicted molar refractivity (Wildman–Crippen MR) is 71.5 cm³/mol. The van der Waals surface area contributed by atoms with Crippen molar-refractivity contribution in [1.29, 1.82) is 0 Å². The number of ether oxygens (including phenoxy) is 1. The zero-order valence-corrected chi connectivity index (χ0v) is 11.4. The molecule has 0 spiro atoms. The van der Waals surface area contributed by atoms with Gasteiger partial charge in [-0.05, 0) is 19.1 Å². The largest absolute Gasteiger partial charge is 0.573 e. The van der Waals surface area contributed by atoms with Gasteiger partial charge in [-0.3, -0.25) is 4.79 Å². The van der Waals surface area contributed by atoms with Crippen molar-refractivity contribution in [3.63, 3.8) is 0 Å². The number of amides is 1. The van der Waals surface area contributed by atoms with E-state index >= 15 is 0 Å². The third kappa shape index (κ3) is 5.00. The zero-order valence-electron chi connectivity index (χ0n) is 11.4. The van der Waals surface area contributed by atoms with Gasteiger partial charge in [0, 0.05) is 17.8 Å². The number of carbonyl (C=O) groups excluding carboxylic acids is 1. The van der Waals surface area contributed by atoms with E-state index in [4.69, 9.17) is 4.52 Å². The van der Waals surface area contributed by atoms with Gasteiger partial charge in [-0.15, -0.1) is 13.2 Å². The molecule has 2 rings (SSSR count). The van der Waals surface area contributed by atoms with Gasteiger partial charge < -0.3 is 19.9 Å². The number of halogens is 3. The molecule has 2 N–H and O–H groups in total. The van der Waals surface area contributed by atoms with Crippen molar-refractivity contribution in [3.8, 4) is 5.75 Å². The Labute approximate surface area is 123 Å². The minimum absolute atomic E-state index is 0.151. The Hall–Kier alpha value is -2.71. The van der Waals surface area contributed by atoms with Crippen molar-refractivity contribution in [1.82, 2.24) is 5.16 Å². The van der Waals surface area contributed by atoms with Crippen molar-refractivity contribution in [3.05, 3.63) is 36.1 Å². The number of aryl methyl sites for hydroxylation is 1. The quantitative estimate of drug-likeness (QED) is 0.887. The van der Waals surface area contributed by atoms with Crippen LogP contribution < -0.4 is 15.4 Å². The van der Waals surface area contributed by atoms with E-state index in [0.29, 0.717) is 11.4 Å². The Morgan fingerprint density at radius 2 is 2.14 bits per heavy atom. The van der Waals surface area contributed by atoms with Crippen LogP contribution in [0.15, 0.2) is 34.9 Å². The van der Waals surface area contributed by atoms with E-state index in [2.05, 4.69) is 20.5 Å². The normalized spacial score (nSPS) is 11.1. The lowest BCUT2D eigenvalue weighted by molar-refractivity contribution is -0.274. The molecule has 0 saturated heterocycles. The summed E-state index contributed by atoms with van der Waals surface area (Å²) in [4.78, 5) is 11.6. The van der Waals surface area contributed by atoms with Gasteiger partial charge in [0.15, 0.2) is 5.82 Å². The minimum Gasteiger partial charge on any atom is -0.406 e. The molecule has 0 aliphatic rings. The number of anilines is 2. The number of aromatic nitrogens is 1. The monoisotopic (exact) mass is 315 g/mol. The number of alkyl halides is 3. The summed E-state index contributed by atoms with van der Waals surface area (Å²) < 4.78 is 44.9. The number of hydrogen-bond acceptors (Lipinski definition) is 5. The van der Waals surface area contributed by atoms with Crippen LogP contribution in [0.4, 0.5) is 24.7 Å². The summed E-state index contributed by atoms with van der Waals surface area (Å²) in [6, 6.07) is 6.73. The van der Waals surface area contributed by atoms with E-state index in [1.165, 1.54) is 18.2 Å². The van der Waals surface area contributed by atoms with E-state index in [-0.39, 0.29) is 18.1 Å². The Morgan fingerprint density at radius 3 is 2.77 bits per heavy atom. The van der Waals surface area contributed by atoms with Crippen LogP contribution in [0.5, 0.6) is 5.75 Å². The molecule has 22 heavy (non-hydrogen) atoms. The van der Waals surface area contributed by atoms with E-state index in [9.17, 15) is 18.0 Å². The highest BCUT2D eigenvalue weighted by atomic mass is 19.4. The molecule has 6 nitrogen and oxygen atoms in total. The second-order valence-corrected chi connectivity index (χ2v) is 4.30. The Morgan fingerprint density at radius 1 is 1.36 bits per heavy atom. The van der Waals surface area contributed by atoms with Gasteiger partial charge in [0.05, 0.1) is 6.54 Å². The molecule has 0 fully saturated rings. The van der Waals surface area contributed by atoms with E-state index in [0.717, 1.165) is 12.1 Å². The van der Waals surface area contributed by atoms with Crippen LogP contribution in [0.25, 0.3) is 0 Å². The number of carbonyl (C=O) groups is 1. The number of benzene rings is 1. The Kier molecular flexibility index (Phi) is 4.54. The first-order valence-electron chi connectivity index (χ1n) is 6.15. The van der Waals surface area contributed by atoms with Crippen molar-refractivity contribution >= 4 is 17.4 Å². The zero-order chi connectivity index (χ0) is 16.2. The molecule has 2 aromatic rings. The van der Waals surface area contributed by atoms with Crippen LogP contribution in [0.1, 0.15) is 5.76 Å². The highest BCUT2D eigenvalue weighted by Crippen LogP contribution is 2.24. The molecule has 0 unspecified atom stereocenters. The number of rotatable bonds is 5. The second kappa shape index (κ2) is 6.37. The molecule has 1 aromatic carbocycles. The van der Waals surface area contributed by atoms with Gasteiger partial charge in [0.1, 0.15) is 11.5 Å². The molecule has 0 atom stereocenters. The fourth-order valence-corrected chi connectivity index (χ4v) is 1.60. The fraction of sp³-hybridized carbons (Fsp3) is 0.231. The van der Waals surface area contributed by atoms with Crippen LogP contribution in [-0.4, -0.2) is 24.0 Å². The summed E-state index contributed by atoms with van der Waals surface area (Å²) in [5.74, 6) is 0.0131. The van der Waals surface area contributed by atoms with Crippen LogP contribution >= 0.6 is 0 Å². The molecule has 0 saturated carbocycles. The first kappa shape index (κ1) is 15.7. The molecule has 9 heteroatoms. The summed E-state index contributed by atoms with van der Waals surface area (Å²) in [5.41, 5.74) is 0.313. The molecule has 1 amide bonds. The number of nitrogens with one attached hydrogen (secondary N) is 2. The average molecular weight is 315 g/mol. The molecular weight excluding hydrogens is 303 g/mol. The third-order valence-electron chi connectivity index (χ3n) is 2.42. The van der Waals surface area contributed by atoms with Crippen molar-refractivity contribution < 1.29 is 27.2 Å². The van der Waals surface area contributed by atoms with Crippen molar-refractivity contribution in [2.24, 2.45) is 0 Å². The third-order valence-corrected chi connectivity index (χ3v) is 2.42. The lowest BCUT2D eigenvalue weighted by Gasteiger charge is -2.11. The summed E-state index contributed by atoms with van der Waals surface area (Å²) in [7, 11) is 0. The summed E-state index contributed by atoms with van der Waals surface area (Å²) in [5, 5.41) is 8.73. The molecule has 0 bridgehead atoms. The second-order valence-electron chi connectivity index (χ2n) is 4.30. The highest BCUT2D eigenvalue weighted by molar-refractivity contribution is 5.92. The van der Waals surface area contributed by atoms with Crippen molar-refractivity contribution in [2.45, 2.75) is 13.3 Å². The molecule has 0 radical (unpaired) electrons. The number of nitrogens with zero attached hydrogens (tertiary/aromatic N) is 1. The van der Waals surface area contributed by atoms with Gasteiger partial charge in [-0.25, -0.2) is 0 Å². The molecule has 1 heterocycles. The Bertz CT molecular complexity index is 655. The van der Waals surface area contributed by atoms with Gasteiger partial charge >= 0.3 is 6.36 Å². The molecule has 0 aliphatic heterocycles. The first-order chi connectivity index (χ1) is 10.3. The van der Waals surface area contributed by atoms with Gasteiger partial charge in [-0.1, -0.05) is 11.2 Å². The predicted octanol–water partition coefficient (Wildman–Crippen LogP) is 2.93. The fourth-order valence-electron chi connectivity index (χ4n) is 1.60. The minimum atomic E-state index is -4.76. The Balaban J connectivity index is 1.88. The maximum Gasteiger partial charge on any atom is 0.573 e. The van der Waals surface area contributed by atoms with Crippen molar-refractivity contribution in [2.75, 3.05) is 17.2 Å². The summed E-state index contributed by atoms with van der Waals surface area (Å²) in [6.07, 6.45) is -4.76. The van der Waals surface area contributed by atoms with E-state index < -0.39 is 12.3 Å². The maximum atomic E-state index is 12.1. The van der Waals surface area contributed by atoms with Crippen LogP contribution in [0.3, 0.4) is 0 Å². The summed E-state index contributed by atoms with van der Waals surface area (Å²) >= 11 is 0. The van der Waals surface area contributed by atoms with Gasteiger partial charge in [0.2, 0.25) is 5.91 Å². The van der Waals surface area contributed by atoms with Crippen LogP contribution in [0, 0.1) is 6.92 Å². The lowest BCUT2D eigenvalue weighted by Crippen LogP contribution is -2.22.